The van der Waals surface area contributed by atoms with Crippen LogP contribution in [0.15, 0.2) is 22.7 Å². The lowest BCUT2D eigenvalue weighted by atomic mass is 10.2. The monoisotopic (exact) mass is 250 g/mol. The van der Waals surface area contributed by atoms with E-state index >= 15 is 0 Å². The quantitative estimate of drug-likeness (QED) is 0.772. The second kappa shape index (κ2) is 4.32. The number of hydrogen-bond acceptors (Lipinski definition) is 2. The molecule has 0 radical (unpaired) electrons. The van der Waals surface area contributed by atoms with Gasteiger partial charge >= 0.3 is 6.61 Å². The number of ether oxygens (including phenoxy) is 1. The van der Waals surface area contributed by atoms with Gasteiger partial charge in [-0.25, -0.2) is 0 Å². The molecule has 5 heteroatoms. The third-order valence-corrected chi connectivity index (χ3v) is 2.04. The van der Waals surface area contributed by atoms with Gasteiger partial charge in [-0.2, -0.15) is 8.78 Å². The van der Waals surface area contributed by atoms with Crippen molar-refractivity contribution >= 4 is 22.2 Å². The van der Waals surface area contributed by atoms with Crippen LogP contribution in [0.2, 0.25) is 0 Å². The summed E-state index contributed by atoms with van der Waals surface area (Å²) < 4.78 is 28.2. The van der Waals surface area contributed by atoms with Crippen LogP contribution in [0.4, 0.5) is 8.78 Å². The van der Waals surface area contributed by atoms with Crippen LogP contribution in [-0.2, 0) is 0 Å². The normalized spacial score (nSPS) is 10.2. The third kappa shape index (κ3) is 2.48. The summed E-state index contributed by atoms with van der Waals surface area (Å²) in [4.78, 5) is 10.5. The topological polar surface area (TPSA) is 26.3 Å². The first-order chi connectivity index (χ1) is 6.15. The highest BCUT2D eigenvalue weighted by molar-refractivity contribution is 9.10. The number of hydrogen-bond donors (Lipinski definition) is 0. The molecular formula is C8H5BrF2O2. The van der Waals surface area contributed by atoms with Crippen molar-refractivity contribution in [3.63, 3.8) is 0 Å². The van der Waals surface area contributed by atoms with Gasteiger partial charge in [0.05, 0.1) is 5.56 Å². The number of benzene rings is 1. The minimum absolute atomic E-state index is 0.0859. The summed E-state index contributed by atoms with van der Waals surface area (Å²) in [5, 5.41) is 0. The van der Waals surface area contributed by atoms with Crippen molar-refractivity contribution in [2.45, 2.75) is 6.61 Å². The molecule has 0 aliphatic carbocycles. The van der Waals surface area contributed by atoms with Crippen molar-refractivity contribution in [2.75, 3.05) is 0 Å². The van der Waals surface area contributed by atoms with Crippen molar-refractivity contribution in [3.05, 3.63) is 28.2 Å². The van der Waals surface area contributed by atoms with Gasteiger partial charge in [0.15, 0.2) is 6.29 Å². The highest BCUT2D eigenvalue weighted by Gasteiger charge is 2.10. The summed E-state index contributed by atoms with van der Waals surface area (Å²) in [6.45, 7) is -2.92. The van der Waals surface area contributed by atoms with E-state index < -0.39 is 6.61 Å². The Labute approximate surface area is 81.6 Å². The average molecular weight is 251 g/mol. The molecule has 0 spiro atoms. The van der Waals surface area contributed by atoms with E-state index in [0.29, 0.717) is 10.8 Å². The molecule has 13 heavy (non-hydrogen) atoms. The number of halogens is 3. The van der Waals surface area contributed by atoms with Gasteiger partial charge in [-0.15, -0.1) is 0 Å². The molecule has 0 atom stereocenters. The van der Waals surface area contributed by atoms with Crippen LogP contribution in [0.3, 0.4) is 0 Å². The van der Waals surface area contributed by atoms with Crippen LogP contribution in [0.25, 0.3) is 0 Å². The maximum Gasteiger partial charge on any atom is 0.387 e. The smallest absolute Gasteiger partial charge is 0.387 e. The van der Waals surface area contributed by atoms with E-state index in [2.05, 4.69) is 20.7 Å². The lowest BCUT2D eigenvalue weighted by Crippen LogP contribution is -2.04. The lowest BCUT2D eigenvalue weighted by molar-refractivity contribution is -0.0501. The van der Waals surface area contributed by atoms with E-state index in [1.54, 1.807) is 6.07 Å². The maximum atomic E-state index is 11.8. The first-order valence-corrected chi connectivity index (χ1v) is 4.13. The van der Waals surface area contributed by atoms with Crippen LogP contribution < -0.4 is 4.74 Å². The minimum Gasteiger partial charge on any atom is -0.434 e. The van der Waals surface area contributed by atoms with Crippen LogP contribution in [0.5, 0.6) is 5.75 Å². The zero-order valence-corrected chi connectivity index (χ0v) is 7.92. The second-order valence-corrected chi connectivity index (χ2v) is 3.00. The number of carbonyl (C=O) groups excluding carboxylic acids is 1. The number of alkyl halides is 2. The van der Waals surface area contributed by atoms with Gasteiger partial charge in [0, 0.05) is 4.47 Å². The Balaban J connectivity index is 3.05. The molecule has 0 fully saturated rings. The predicted molar refractivity (Wildman–Crippen MR) is 46.2 cm³/mol. The molecule has 0 bridgehead atoms. The van der Waals surface area contributed by atoms with Gasteiger partial charge in [-0.3, -0.25) is 4.79 Å². The Kier molecular flexibility index (Phi) is 3.36. The van der Waals surface area contributed by atoms with E-state index in [4.69, 9.17) is 0 Å². The highest BCUT2D eigenvalue weighted by Crippen LogP contribution is 2.25. The summed E-state index contributed by atoms with van der Waals surface area (Å²) in [7, 11) is 0. The molecule has 0 unspecified atom stereocenters. The maximum absolute atomic E-state index is 11.8. The molecule has 0 aliphatic heterocycles. The summed E-state index contributed by atoms with van der Waals surface area (Å²) >= 11 is 3.04. The Bertz CT molecular complexity index is 315. The third-order valence-electron chi connectivity index (χ3n) is 1.35. The van der Waals surface area contributed by atoms with Gasteiger partial charge in [0.1, 0.15) is 5.75 Å². The van der Waals surface area contributed by atoms with Crippen LogP contribution >= 0.6 is 15.9 Å². The highest BCUT2D eigenvalue weighted by atomic mass is 79.9. The molecular weight excluding hydrogens is 246 g/mol. The van der Waals surface area contributed by atoms with Gasteiger partial charge in [-0.05, 0) is 28.1 Å². The molecule has 70 valence electrons. The summed E-state index contributed by atoms with van der Waals surface area (Å²) in [5.74, 6) is -0.126. The first-order valence-electron chi connectivity index (χ1n) is 3.33. The fraction of sp³-hybridized carbons (Fsp3) is 0.125. The van der Waals surface area contributed by atoms with E-state index in [9.17, 15) is 13.6 Å². The Hall–Kier alpha value is -0.970. The average Bonchev–Trinajstić information content (AvgIpc) is 2.03. The molecule has 0 saturated carbocycles. The predicted octanol–water partition coefficient (Wildman–Crippen LogP) is 2.86. The second-order valence-electron chi connectivity index (χ2n) is 2.15. The fourth-order valence-corrected chi connectivity index (χ4v) is 1.27. The van der Waals surface area contributed by atoms with E-state index in [1.807, 2.05) is 0 Å². The van der Waals surface area contributed by atoms with Gasteiger partial charge < -0.3 is 4.74 Å². The van der Waals surface area contributed by atoms with Crippen LogP contribution in [-0.4, -0.2) is 12.9 Å². The fourth-order valence-electron chi connectivity index (χ4n) is 0.830. The van der Waals surface area contributed by atoms with Crippen molar-refractivity contribution in [1.82, 2.24) is 0 Å². The number of aldehydes is 1. The first kappa shape index (κ1) is 10.1. The molecule has 1 aromatic carbocycles. The molecule has 0 heterocycles. The largest absolute Gasteiger partial charge is 0.434 e. The van der Waals surface area contributed by atoms with E-state index in [-0.39, 0.29) is 11.3 Å². The zero-order valence-electron chi connectivity index (χ0n) is 6.34. The standard InChI is InChI=1S/C8H5BrF2O2/c9-6-2-1-3-7(5(6)4-12)13-8(10)11/h1-4,8H. The van der Waals surface area contributed by atoms with Gasteiger partial charge in [-0.1, -0.05) is 6.07 Å². The minimum atomic E-state index is -2.92. The Morgan fingerprint density at radius 2 is 2.15 bits per heavy atom. The molecule has 1 aromatic rings. The van der Waals surface area contributed by atoms with Crippen molar-refractivity contribution in [2.24, 2.45) is 0 Å². The zero-order chi connectivity index (χ0) is 9.84. The van der Waals surface area contributed by atoms with Crippen molar-refractivity contribution in [1.29, 1.82) is 0 Å². The Morgan fingerprint density at radius 3 is 2.69 bits per heavy atom. The molecule has 1 rings (SSSR count). The molecule has 2 nitrogen and oxygen atoms in total. The van der Waals surface area contributed by atoms with Crippen molar-refractivity contribution < 1.29 is 18.3 Å². The summed E-state index contributed by atoms with van der Waals surface area (Å²) in [6, 6.07) is 4.39. The summed E-state index contributed by atoms with van der Waals surface area (Å²) in [5.41, 5.74) is 0.0859. The molecule has 0 saturated heterocycles. The van der Waals surface area contributed by atoms with Crippen molar-refractivity contribution in [3.8, 4) is 5.75 Å². The molecule has 0 N–H and O–H groups in total. The number of rotatable bonds is 3. The van der Waals surface area contributed by atoms with Gasteiger partial charge in [0.25, 0.3) is 0 Å². The van der Waals surface area contributed by atoms with Crippen LogP contribution in [0.1, 0.15) is 10.4 Å². The Morgan fingerprint density at radius 1 is 1.46 bits per heavy atom. The lowest BCUT2D eigenvalue weighted by Gasteiger charge is -2.07. The van der Waals surface area contributed by atoms with Gasteiger partial charge in [0.2, 0.25) is 0 Å². The van der Waals surface area contributed by atoms with E-state index in [0.717, 1.165) is 0 Å². The molecule has 0 amide bonds. The summed E-state index contributed by atoms with van der Waals surface area (Å²) in [6.07, 6.45) is 0.460. The molecule has 0 aromatic heterocycles. The molecule has 0 aliphatic rings. The number of carbonyl (C=O) groups is 1. The van der Waals surface area contributed by atoms with E-state index in [1.165, 1.54) is 12.1 Å². The SMILES string of the molecule is O=Cc1c(Br)cccc1OC(F)F. The van der Waals surface area contributed by atoms with Crippen LogP contribution in [0, 0.1) is 0 Å².